The SMILES string of the molecule is C/C=C/OCc1cccc(F)c1.C=C.C=C\C(=C/C=C/C=C/C(=O)NC1=CCCC=C1N)c1ccc2ncnc(NC/C=C/Cl)c2c1. The van der Waals surface area contributed by atoms with Gasteiger partial charge in [0, 0.05) is 23.5 Å². The average Bonchev–Trinajstić information content (AvgIpc) is 3.09. The van der Waals surface area contributed by atoms with Gasteiger partial charge in [0.25, 0.3) is 0 Å². The summed E-state index contributed by atoms with van der Waals surface area (Å²) < 4.78 is 17.7. The lowest BCUT2D eigenvalue weighted by Crippen LogP contribution is -2.25. The first-order valence-corrected chi connectivity index (χ1v) is 15.2. The van der Waals surface area contributed by atoms with E-state index in [2.05, 4.69) is 40.3 Å². The van der Waals surface area contributed by atoms with Crippen LogP contribution in [-0.2, 0) is 16.1 Å². The third-order valence-electron chi connectivity index (χ3n) is 6.23. The maximum atomic E-state index is 12.6. The number of amides is 1. The van der Waals surface area contributed by atoms with Crippen LogP contribution in [0.3, 0.4) is 0 Å². The van der Waals surface area contributed by atoms with Gasteiger partial charge in [-0.25, -0.2) is 14.4 Å². The Morgan fingerprint density at radius 1 is 1.11 bits per heavy atom. The molecule has 0 spiro atoms. The molecule has 3 aromatic rings. The lowest BCUT2D eigenvalue weighted by Gasteiger charge is -2.12. The number of nitrogens with two attached hydrogens (primary N) is 1. The van der Waals surface area contributed by atoms with Crippen LogP contribution in [0.1, 0.15) is 30.9 Å². The van der Waals surface area contributed by atoms with E-state index in [1.165, 1.54) is 30.1 Å². The number of anilines is 1. The van der Waals surface area contributed by atoms with E-state index in [0.717, 1.165) is 46.3 Å². The van der Waals surface area contributed by atoms with Crippen LogP contribution in [0.4, 0.5) is 10.2 Å². The lowest BCUT2D eigenvalue weighted by atomic mass is 10.0. The van der Waals surface area contributed by atoms with Crippen molar-refractivity contribution in [1.29, 1.82) is 0 Å². The summed E-state index contributed by atoms with van der Waals surface area (Å²) in [6, 6.07) is 12.3. The Morgan fingerprint density at radius 2 is 1.91 bits per heavy atom. The van der Waals surface area contributed by atoms with Gasteiger partial charge in [-0.2, -0.15) is 0 Å². The van der Waals surface area contributed by atoms with Gasteiger partial charge < -0.3 is 21.1 Å². The molecule has 4 rings (SSSR count). The number of rotatable bonds is 12. The zero-order valence-electron chi connectivity index (χ0n) is 26.5. The number of fused-ring (bicyclic) bond motifs is 1. The summed E-state index contributed by atoms with van der Waals surface area (Å²) in [7, 11) is 0. The second-order valence-electron chi connectivity index (χ2n) is 9.52. The van der Waals surface area contributed by atoms with Crippen LogP contribution >= 0.6 is 11.6 Å². The highest BCUT2D eigenvalue weighted by Gasteiger charge is 2.07. The molecule has 9 heteroatoms. The highest BCUT2D eigenvalue weighted by molar-refractivity contribution is 6.25. The van der Waals surface area contributed by atoms with Gasteiger partial charge in [0.15, 0.2) is 0 Å². The highest BCUT2D eigenvalue weighted by Crippen LogP contribution is 2.25. The number of hydrogen-bond acceptors (Lipinski definition) is 6. The molecule has 4 N–H and O–H groups in total. The minimum atomic E-state index is -0.226. The van der Waals surface area contributed by atoms with Crippen molar-refractivity contribution in [2.24, 2.45) is 5.73 Å². The number of allylic oxidation sites excluding steroid dienone is 9. The van der Waals surface area contributed by atoms with Crippen LogP contribution in [0.15, 0.2) is 152 Å². The Balaban J connectivity index is 0.000000458. The molecule has 1 heterocycles. The van der Waals surface area contributed by atoms with Crippen molar-refractivity contribution in [3.63, 3.8) is 0 Å². The Morgan fingerprint density at radius 3 is 2.64 bits per heavy atom. The Labute approximate surface area is 281 Å². The molecular formula is C38H41ClFN5O2. The predicted molar refractivity (Wildman–Crippen MR) is 194 cm³/mol. The summed E-state index contributed by atoms with van der Waals surface area (Å²) in [6.45, 7) is 12.8. The Kier molecular flexibility index (Phi) is 17.7. The normalized spacial score (nSPS) is 13.0. The molecule has 0 fully saturated rings. The predicted octanol–water partition coefficient (Wildman–Crippen LogP) is 8.79. The molecule has 0 bridgehead atoms. The quantitative estimate of drug-likeness (QED) is 0.0782. The van der Waals surface area contributed by atoms with Crippen molar-refractivity contribution in [2.75, 3.05) is 11.9 Å². The van der Waals surface area contributed by atoms with E-state index < -0.39 is 0 Å². The van der Waals surface area contributed by atoms with Crippen molar-refractivity contribution in [1.82, 2.24) is 15.3 Å². The van der Waals surface area contributed by atoms with E-state index in [9.17, 15) is 9.18 Å². The van der Waals surface area contributed by atoms with Crippen LogP contribution < -0.4 is 16.4 Å². The standard InChI is InChI=1S/C26H26ClN5O.C10H11FO.C2H4/c1-2-19(9-4-3-5-12-25(33)32-24-11-7-6-10-22(24)28)20-13-14-23-21(17-20)26(31-18-30-23)29-16-8-15-27;1-2-6-12-8-9-4-3-5-10(11)7-9;1-2/h2-5,8-15,17-18H,1,6-7,16,28H2,(H,32,33)(H,29,30,31);2-7H,8H2,1H3;1-2H2/b4-3+,12-5+,15-8+,19-9+;6-2+;. The minimum Gasteiger partial charge on any atom is -0.497 e. The third kappa shape index (κ3) is 13.6. The molecule has 2 aromatic carbocycles. The zero-order valence-corrected chi connectivity index (χ0v) is 27.3. The molecule has 0 aliphatic heterocycles. The molecule has 0 saturated heterocycles. The van der Waals surface area contributed by atoms with Gasteiger partial charge in [-0.05, 0) is 60.7 Å². The van der Waals surface area contributed by atoms with Crippen molar-refractivity contribution in [2.45, 2.75) is 26.4 Å². The first-order chi connectivity index (χ1) is 22.9. The largest absolute Gasteiger partial charge is 0.497 e. The van der Waals surface area contributed by atoms with Gasteiger partial charge >= 0.3 is 0 Å². The van der Waals surface area contributed by atoms with E-state index in [-0.39, 0.29) is 11.7 Å². The number of carbonyl (C=O) groups excluding carboxylic acids is 1. The number of nitrogens with zero attached hydrogens (tertiary/aromatic N) is 2. The number of hydrogen-bond donors (Lipinski definition) is 3. The van der Waals surface area contributed by atoms with Gasteiger partial charge in [-0.1, -0.05) is 91.1 Å². The first kappa shape index (κ1) is 37.7. The summed E-state index contributed by atoms with van der Waals surface area (Å²) >= 11 is 5.59. The van der Waals surface area contributed by atoms with Gasteiger partial charge in [-0.3, -0.25) is 4.79 Å². The fourth-order valence-electron chi connectivity index (χ4n) is 4.08. The van der Waals surface area contributed by atoms with Crippen LogP contribution in [0, 0.1) is 5.82 Å². The van der Waals surface area contributed by atoms with Crippen LogP contribution in [0.25, 0.3) is 16.5 Å². The highest BCUT2D eigenvalue weighted by atomic mass is 35.5. The molecular weight excluding hydrogens is 613 g/mol. The second-order valence-corrected chi connectivity index (χ2v) is 9.77. The van der Waals surface area contributed by atoms with E-state index in [1.54, 1.807) is 42.7 Å². The maximum absolute atomic E-state index is 12.6. The van der Waals surface area contributed by atoms with Crippen molar-refractivity contribution in [3.05, 3.63) is 169 Å². The van der Waals surface area contributed by atoms with Crippen molar-refractivity contribution in [3.8, 4) is 0 Å². The summed E-state index contributed by atoms with van der Waals surface area (Å²) in [6.07, 6.45) is 22.8. The van der Waals surface area contributed by atoms with E-state index in [0.29, 0.717) is 24.5 Å². The Hall–Kier alpha value is -5.47. The molecule has 47 heavy (non-hydrogen) atoms. The average molecular weight is 654 g/mol. The fraction of sp³-hybridized carbons (Fsp3) is 0.132. The smallest absolute Gasteiger partial charge is 0.248 e. The second kappa shape index (κ2) is 22.1. The summed E-state index contributed by atoms with van der Waals surface area (Å²) in [4.78, 5) is 20.7. The monoisotopic (exact) mass is 653 g/mol. The molecule has 1 aromatic heterocycles. The molecule has 0 atom stereocenters. The number of aromatic nitrogens is 2. The molecule has 0 unspecified atom stereocenters. The van der Waals surface area contributed by atoms with E-state index in [4.69, 9.17) is 22.1 Å². The van der Waals surface area contributed by atoms with Crippen LogP contribution in [0.2, 0.25) is 0 Å². The fourth-order valence-corrected chi connectivity index (χ4v) is 4.17. The molecule has 1 amide bonds. The molecule has 0 radical (unpaired) electrons. The van der Waals surface area contributed by atoms with Crippen molar-refractivity contribution < 1.29 is 13.9 Å². The van der Waals surface area contributed by atoms with E-state index in [1.807, 2.05) is 55.5 Å². The molecule has 244 valence electrons. The zero-order chi connectivity index (χ0) is 34.3. The lowest BCUT2D eigenvalue weighted by molar-refractivity contribution is -0.115. The van der Waals surface area contributed by atoms with Gasteiger partial charge in [-0.15, -0.1) is 13.2 Å². The molecule has 1 aliphatic rings. The first-order valence-electron chi connectivity index (χ1n) is 14.8. The Bertz CT molecular complexity index is 1690. The third-order valence-corrected chi connectivity index (χ3v) is 6.41. The maximum Gasteiger partial charge on any atom is 0.248 e. The van der Waals surface area contributed by atoms with Crippen LogP contribution in [0.5, 0.6) is 0 Å². The number of benzene rings is 2. The van der Waals surface area contributed by atoms with Gasteiger partial charge in [0.2, 0.25) is 5.91 Å². The van der Waals surface area contributed by atoms with Crippen LogP contribution in [-0.4, -0.2) is 22.4 Å². The summed E-state index contributed by atoms with van der Waals surface area (Å²) in [5.74, 6) is 0.278. The molecule has 1 aliphatic carbocycles. The number of halogens is 2. The minimum absolute atomic E-state index is 0.225. The summed E-state index contributed by atoms with van der Waals surface area (Å²) in [5.41, 5.74) is 12.2. The number of carbonyl (C=O) groups is 1. The van der Waals surface area contributed by atoms with Gasteiger partial charge in [0.1, 0.15) is 24.6 Å². The van der Waals surface area contributed by atoms with Gasteiger partial charge in [0.05, 0.1) is 23.2 Å². The molecule has 0 saturated carbocycles. The number of nitrogens with one attached hydrogen (secondary N) is 2. The van der Waals surface area contributed by atoms with E-state index >= 15 is 0 Å². The topological polar surface area (TPSA) is 102 Å². The number of ether oxygens (including phenoxy) is 1. The summed E-state index contributed by atoms with van der Waals surface area (Å²) in [5, 5.41) is 6.92. The molecule has 7 nitrogen and oxygen atoms in total. The van der Waals surface area contributed by atoms with Crippen molar-refractivity contribution >= 4 is 39.8 Å².